The van der Waals surface area contributed by atoms with E-state index in [2.05, 4.69) is 4.98 Å². The van der Waals surface area contributed by atoms with E-state index >= 15 is 0 Å². The predicted octanol–water partition coefficient (Wildman–Crippen LogP) is 4.63. The number of hydrogen-bond donors (Lipinski definition) is 0. The summed E-state index contributed by atoms with van der Waals surface area (Å²) in [4.78, 5) is 16.7. The third-order valence-corrected chi connectivity index (χ3v) is 4.84. The fourth-order valence-corrected chi connectivity index (χ4v) is 3.21. The second-order valence-corrected chi connectivity index (χ2v) is 6.57. The van der Waals surface area contributed by atoms with Crippen LogP contribution in [0.25, 0.3) is 16.6 Å². The summed E-state index contributed by atoms with van der Waals surface area (Å²) in [5.74, 6) is -2.59. The topological polar surface area (TPSA) is 34.9 Å². The average molecular weight is 386 g/mol. The Morgan fingerprint density at radius 2 is 1.88 bits per heavy atom. The summed E-state index contributed by atoms with van der Waals surface area (Å²) in [6.07, 6.45) is -3.32. The number of aromatic nitrogens is 2. The second-order valence-electron chi connectivity index (χ2n) is 5.55. The normalized spacial score (nSPS) is 11.9. The van der Waals surface area contributed by atoms with Crippen LogP contribution in [-0.4, -0.2) is 21.5 Å². The number of alkyl halides is 3. The number of thioether (sulfide) groups is 1. The van der Waals surface area contributed by atoms with Crippen LogP contribution in [-0.2, 0) is 0 Å². The Hall–Kier alpha value is -2.42. The zero-order valence-electron chi connectivity index (χ0n) is 13.3. The number of hydrogen-bond acceptors (Lipinski definition) is 3. The summed E-state index contributed by atoms with van der Waals surface area (Å²) in [6.45, 7) is 1.47. The summed E-state index contributed by atoms with van der Waals surface area (Å²) in [5, 5.41) is -0.0584. The second kappa shape index (κ2) is 6.71. The van der Waals surface area contributed by atoms with Gasteiger partial charge < -0.3 is 0 Å². The van der Waals surface area contributed by atoms with Gasteiger partial charge in [0.2, 0.25) is 0 Å². The molecule has 136 valence electrons. The Morgan fingerprint density at radius 1 is 1.15 bits per heavy atom. The van der Waals surface area contributed by atoms with Crippen LogP contribution in [0.4, 0.5) is 22.0 Å². The third-order valence-electron chi connectivity index (χ3n) is 3.62. The van der Waals surface area contributed by atoms with E-state index in [-0.39, 0.29) is 21.5 Å². The largest absolute Gasteiger partial charge is 0.398 e. The zero-order chi connectivity index (χ0) is 19.1. The minimum Gasteiger partial charge on any atom is -0.268 e. The summed E-state index contributed by atoms with van der Waals surface area (Å²) in [5.41, 5.74) is -0.423. The summed E-state index contributed by atoms with van der Waals surface area (Å²) < 4.78 is 66.0. The smallest absolute Gasteiger partial charge is 0.268 e. The highest BCUT2D eigenvalue weighted by molar-refractivity contribution is 7.99. The molecule has 1 heterocycles. The minimum atomic E-state index is -4.38. The van der Waals surface area contributed by atoms with Gasteiger partial charge >= 0.3 is 6.18 Å². The van der Waals surface area contributed by atoms with Crippen molar-refractivity contribution in [3.8, 4) is 5.69 Å². The molecule has 26 heavy (non-hydrogen) atoms. The van der Waals surface area contributed by atoms with Crippen molar-refractivity contribution in [2.45, 2.75) is 18.0 Å². The van der Waals surface area contributed by atoms with E-state index in [0.717, 1.165) is 35.2 Å². The molecule has 0 aliphatic carbocycles. The first-order chi connectivity index (χ1) is 12.2. The van der Waals surface area contributed by atoms with E-state index in [0.29, 0.717) is 17.3 Å². The molecule has 0 saturated carbocycles. The minimum absolute atomic E-state index is 0.0584. The number of halogens is 5. The van der Waals surface area contributed by atoms with Crippen LogP contribution in [0, 0.1) is 18.6 Å². The molecule has 2 aromatic carbocycles. The van der Waals surface area contributed by atoms with Crippen LogP contribution >= 0.6 is 11.8 Å². The molecule has 9 heteroatoms. The predicted molar refractivity (Wildman–Crippen MR) is 88.8 cm³/mol. The quantitative estimate of drug-likeness (QED) is 0.486. The van der Waals surface area contributed by atoms with Gasteiger partial charge in [0.15, 0.2) is 0 Å². The highest BCUT2D eigenvalue weighted by Gasteiger charge is 2.28. The van der Waals surface area contributed by atoms with Crippen molar-refractivity contribution in [1.82, 2.24) is 9.55 Å². The lowest BCUT2D eigenvalue weighted by molar-refractivity contribution is -0.105. The first-order valence-electron chi connectivity index (χ1n) is 7.33. The molecule has 1 aromatic heterocycles. The summed E-state index contributed by atoms with van der Waals surface area (Å²) in [6, 6.07) is 5.64. The van der Waals surface area contributed by atoms with E-state index in [9.17, 15) is 26.7 Å². The molecule has 0 fully saturated rings. The molecule has 0 N–H and O–H groups in total. The zero-order valence-corrected chi connectivity index (χ0v) is 14.1. The van der Waals surface area contributed by atoms with E-state index in [1.165, 1.54) is 13.0 Å². The molecule has 0 radical (unpaired) electrons. The van der Waals surface area contributed by atoms with Crippen LogP contribution in [0.2, 0.25) is 0 Å². The van der Waals surface area contributed by atoms with Gasteiger partial charge in [0.25, 0.3) is 5.56 Å². The van der Waals surface area contributed by atoms with Crippen molar-refractivity contribution in [2.24, 2.45) is 0 Å². The number of benzene rings is 2. The molecule has 0 spiro atoms. The molecule has 0 bridgehead atoms. The standard InChI is InChI=1S/C17H11F5N2OS/c1-9-4-12(19)14(6-15(9)26-7-17(20,21)22)24-8-23-13-3-2-10(18)5-11(13)16(24)25/h2-6,8H,7H2,1H3. The van der Waals surface area contributed by atoms with Crippen molar-refractivity contribution in [3.05, 3.63) is 64.2 Å². The molecule has 3 aromatic rings. The Labute approximate surface area is 148 Å². The molecular formula is C17H11F5N2OS. The van der Waals surface area contributed by atoms with Crippen molar-refractivity contribution in [2.75, 3.05) is 5.75 Å². The molecule has 0 atom stereocenters. The van der Waals surface area contributed by atoms with Crippen molar-refractivity contribution < 1.29 is 22.0 Å². The van der Waals surface area contributed by atoms with Gasteiger partial charge in [-0.25, -0.2) is 13.8 Å². The lowest BCUT2D eigenvalue weighted by atomic mass is 10.2. The summed E-state index contributed by atoms with van der Waals surface area (Å²) >= 11 is 0.496. The van der Waals surface area contributed by atoms with Gasteiger partial charge in [0.05, 0.1) is 22.3 Å². The molecule has 0 aliphatic rings. The maximum Gasteiger partial charge on any atom is 0.398 e. The number of fused-ring (bicyclic) bond motifs is 1. The van der Waals surface area contributed by atoms with Crippen molar-refractivity contribution >= 4 is 22.7 Å². The van der Waals surface area contributed by atoms with Crippen LogP contribution in [0.3, 0.4) is 0 Å². The Balaban J connectivity index is 2.13. The van der Waals surface area contributed by atoms with E-state index < -0.39 is 29.1 Å². The van der Waals surface area contributed by atoms with Gasteiger partial charge in [0, 0.05) is 4.90 Å². The third kappa shape index (κ3) is 3.72. The lowest BCUT2D eigenvalue weighted by Gasteiger charge is -2.13. The molecule has 0 saturated heterocycles. The molecule has 3 nitrogen and oxygen atoms in total. The van der Waals surface area contributed by atoms with Crippen LogP contribution < -0.4 is 5.56 Å². The van der Waals surface area contributed by atoms with Gasteiger partial charge in [-0.2, -0.15) is 13.2 Å². The van der Waals surface area contributed by atoms with Gasteiger partial charge in [0.1, 0.15) is 18.0 Å². The number of rotatable bonds is 3. The molecule has 0 amide bonds. The Kier molecular flexibility index (Phi) is 4.74. The van der Waals surface area contributed by atoms with Crippen LogP contribution in [0.5, 0.6) is 0 Å². The van der Waals surface area contributed by atoms with Gasteiger partial charge in [-0.15, -0.1) is 11.8 Å². The number of aryl methyl sites for hydroxylation is 1. The average Bonchev–Trinajstić information content (AvgIpc) is 2.55. The fourth-order valence-electron chi connectivity index (χ4n) is 2.41. The van der Waals surface area contributed by atoms with Crippen LogP contribution in [0.15, 0.2) is 46.3 Å². The van der Waals surface area contributed by atoms with Crippen LogP contribution in [0.1, 0.15) is 5.56 Å². The lowest BCUT2D eigenvalue weighted by Crippen LogP contribution is -2.20. The molecular weight excluding hydrogens is 375 g/mol. The van der Waals surface area contributed by atoms with Gasteiger partial charge in [-0.3, -0.25) is 9.36 Å². The Morgan fingerprint density at radius 3 is 2.58 bits per heavy atom. The monoisotopic (exact) mass is 386 g/mol. The van der Waals surface area contributed by atoms with E-state index in [4.69, 9.17) is 0 Å². The first kappa shape index (κ1) is 18.4. The van der Waals surface area contributed by atoms with E-state index in [1.807, 2.05) is 0 Å². The first-order valence-corrected chi connectivity index (χ1v) is 8.31. The molecule has 3 rings (SSSR count). The van der Waals surface area contributed by atoms with Crippen molar-refractivity contribution in [1.29, 1.82) is 0 Å². The SMILES string of the molecule is Cc1cc(F)c(-n2cnc3ccc(F)cc3c2=O)cc1SCC(F)(F)F. The maximum absolute atomic E-state index is 14.4. The summed E-state index contributed by atoms with van der Waals surface area (Å²) in [7, 11) is 0. The van der Waals surface area contributed by atoms with Gasteiger partial charge in [-0.05, 0) is 42.8 Å². The highest BCUT2D eigenvalue weighted by Crippen LogP contribution is 2.31. The van der Waals surface area contributed by atoms with Crippen molar-refractivity contribution in [3.63, 3.8) is 0 Å². The highest BCUT2D eigenvalue weighted by atomic mass is 32.2. The van der Waals surface area contributed by atoms with Gasteiger partial charge in [-0.1, -0.05) is 0 Å². The Bertz CT molecular complexity index is 1050. The fraction of sp³-hybridized carbons (Fsp3) is 0.176. The maximum atomic E-state index is 14.4. The van der Waals surface area contributed by atoms with E-state index in [1.54, 1.807) is 0 Å². The molecule has 0 unspecified atom stereocenters. The molecule has 0 aliphatic heterocycles. The number of nitrogens with zero attached hydrogens (tertiary/aromatic N) is 2.